The average Bonchev–Trinajstić information content (AvgIpc) is 2.66. The molecule has 2 aromatic carbocycles. The van der Waals surface area contributed by atoms with Crippen molar-refractivity contribution in [2.45, 2.75) is 11.4 Å². The molecule has 0 spiro atoms. The third kappa shape index (κ3) is 4.81. The number of carbonyl (C=O) groups excluding carboxylic acids is 1. The molecule has 0 aliphatic carbocycles. The van der Waals surface area contributed by atoms with E-state index in [9.17, 15) is 13.2 Å². The number of nitrogens with one attached hydrogen (secondary N) is 1. The Morgan fingerprint density at radius 2 is 1.85 bits per heavy atom. The highest BCUT2D eigenvalue weighted by atomic mass is 32.2. The second kappa shape index (κ2) is 8.47. The molecule has 2 aromatic rings. The topological polar surface area (TPSA) is 99.5 Å². The number of amides is 1. The summed E-state index contributed by atoms with van der Waals surface area (Å²) in [5, 5.41) is 9.02. The standard InChI is InChI=1S/C18H19N3O4S/c1-21(13-14-7-9-16(25-2)10-8-14)18(22)12-20-26(23,24)17-6-4-3-5-15(17)11-19/h3-10,20H,12-13H2,1-2H3. The monoisotopic (exact) mass is 373 g/mol. The van der Waals surface area contributed by atoms with E-state index in [1.165, 1.54) is 23.1 Å². The van der Waals surface area contributed by atoms with Crippen molar-refractivity contribution in [2.75, 3.05) is 20.7 Å². The third-order valence-corrected chi connectivity index (χ3v) is 5.17. The van der Waals surface area contributed by atoms with Crippen LogP contribution in [-0.2, 0) is 21.4 Å². The van der Waals surface area contributed by atoms with Crippen LogP contribution >= 0.6 is 0 Å². The molecule has 0 bridgehead atoms. The molecular weight excluding hydrogens is 354 g/mol. The number of likely N-dealkylation sites (N-methyl/N-ethyl adjacent to an activating group) is 1. The van der Waals surface area contributed by atoms with Gasteiger partial charge in [0.15, 0.2) is 0 Å². The van der Waals surface area contributed by atoms with Gasteiger partial charge in [0.25, 0.3) is 0 Å². The second-order valence-corrected chi connectivity index (χ2v) is 7.27. The molecule has 0 atom stereocenters. The first kappa shape index (κ1) is 19.4. The minimum Gasteiger partial charge on any atom is -0.497 e. The minimum atomic E-state index is -3.95. The van der Waals surface area contributed by atoms with E-state index in [0.29, 0.717) is 12.3 Å². The van der Waals surface area contributed by atoms with E-state index in [-0.39, 0.29) is 16.4 Å². The van der Waals surface area contributed by atoms with Gasteiger partial charge in [-0.25, -0.2) is 13.1 Å². The number of nitriles is 1. The number of nitrogens with zero attached hydrogens (tertiary/aromatic N) is 2. The first-order chi connectivity index (χ1) is 12.4. The van der Waals surface area contributed by atoms with Gasteiger partial charge in [0.2, 0.25) is 15.9 Å². The first-order valence-corrected chi connectivity index (χ1v) is 9.21. The maximum absolute atomic E-state index is 12.3. The Morgan fingerprint density at radius 3 is 2.46 bits per heavy atom. The van der Waals surface area contributed by atoms with Crippen molar-refractivity contribution < 1.29 is 17.9 Å². The summed E-state index contributed by atoms with van der Waals surface area (Å²) in [7, 11) is -0.792. The van der Waals surface area contributed by atoms with Crippen molar-refractivity contribution in [1.29, 1.82) is 5.26 Å². The quantitative estimate of drug-likeness (QED) is 0.793. The number of hydrogen-bond acceptors (Lipinski definition) is 5. The van der Waals surface area contributed by atoms with Crippen LogP contribution in [0.4, 0.5) is 0 Å². The number of carbonyl (C=O) groups is 1. The maximum atomic E-state index is 12.3. The Morgan fingerprint density at radius 1 is 1.19 bits per heavy atom. The van der Waals surface area contributed by atoms with Gasteiger partial charge in [-0.2, -0.15) is 5.26 Å². The van der Waals surface area contributed by atoms with Gasteiger partial charge in [-0.1, -0.05) is 24.3 Å². The van der Waals surface area contributed by atoms with E-state index in [1.54, 1.807) is 32.4 Å². The van der Waals surface area contributed by atoms with Crippen LogP contribution < -0.4 is 9.46 Å². The molecular formula is C18H19N3O4S. The molecule has 0 radical (unpaired) electrons. The molecule has 0 aromatic heterocycles. The molecule has 1 N–H and O–H groups in total. The third-order valence-electron chi connectivity index (χ3n) is 3.71. The summed E-state index contributed by atoms with van der Waals surface area (Å²) in [6, 6.07) is 14.9. The van der Waals surface area contributed by atoms with E-state index < -0.39 is 16.6 Å². The molecule has 0 aliphatic rings. The van der Waals surface area contributed by atoms with Crippen molar-refractivity contribution >= 4 is 15.9 Å². The number of rotatable bonds is 7. The maximum Gasteiger partial charge on any atom is 0.242 e. The summed E-state index contributed by atoms with van der Waals surface area (Å²) in [6.45, 7) is -0.0614. The summed E-state index contributed by atoms with van der Waals surface area (Å²) in [4.78, 5) is 13.5. The van der Waals surface area contributed by atoms with Crippen LogP contribution in [0.25, 0.3) is 0 Å². The summed E-state index contributed by atoms with van der Waals surface area (Å²) in [6.07, 6.45) is 0. The SMILES string of the molecule is COc1ccc(CN(C)C(=O)CNS(=O)(=O)c2ccccc2C#N)cc1. The van der Waals surface area contributed by atoms with Crippen LogP contribution in [0.1, 0.15) is 11.1 Å². The average molecular weight is 373 g/mol. The highest BCUT2D eigenvalue weighted by molar-refractivity contribution is 7.89. The van der Waals surface area contributed by atoms with Crippen molar-refractivity contribution in [2.24, 2.45) is 0 Å². The summed E-state index contributed by atoms with van der Waals surface area (Å²) in [5.41, 5.74) is 0.915. The zero-order valence-corrected chi connectivity index (χ0v) is 15.3. The Hall–Kier alpha value is -2.89. The minimum absolute atomic E-state index is 0.0269. The Labute approximate surface area is 152 Å². The fourth-order valence-corrected chi connectivity index (χ4v) is 3.39. The largest absolute Gasteiger partial charge is 0.497 e. The van der Waals surface area contributed by atoms with Crippen LogP contribution in [0.2, 0.25) is 0 Å². The summed E-state index contributed by atoms with van der Waals surface area (Å²) < 4.78 is 32.0. The number of hydrogen-bond donors (Lipinski definition) is 1. The fourth-order valence-electron chi connectivity index (χ4n) is 2.26. The van der Waals surface area contributed by atoms with Crippen molar-refractivity contribution in [1.82, 2.24) is 9.62 Å². The van der Waals surface area contributed by atoms with Crippen LogP contribution in [0.15, 0.2) is 53.4 Å². The van der Waals surface area contributed by atoms with E-state index in [1.807, 2.05) is 18.2 Å². The molecule has 0 fully saturated rings. The van der Waals surface area contributed by atoms with Crippen molar-refractivity contribution in [3.8, 4) is 11.8 Å². The Balaban J connectivity index is 1.99. The molecule has 1 amide bonds. The molecule has 0 saturated heterocycles. The Bertz CT molecular complexity index is 918. The second-order valence-electron chi connectivity index (χ2n) is 5.53. The molecule has 0 unspecified atom stereocenters. The van der Waals surface area contributed by atoms with Gasteiger partial charge in [-0.15, -0.1) is 0 Å². The van der Waals surface area contributed by atoms with E-state index >= 15 is 0 Å². The Kier molecular flexibility index (Phi) is 6.33. The molecule has 8 heteroatoms. The molecule has 26 heavy (non-hydrogen) atoms. The van der Waals surface area contributed by atoms with Gasteiger partial charge in [0.1, 0.15) is 11.8 Å². The van der Waals surface area contributed by atoms with Crippen molar-refractivity contribution in [3.05, 3.63) is 59.7 Å². The number of methoxy groups -OCH3 is 1. The van der Waals surface area contributed by atoms with Crippen LogP contribution in [-0.4, -0.2) is 39.9 Å². The lowest BCUT2D eigenvalue weighted by Gasteiger charge is -2.18. The van der Waals surface area contributed by atoms with Crippen molar-refractivity contribution in [3.63, 3.8) is 0 Å². The predicted molar refractivity (Wildman–Crippen MR) is 95.8 cm³/mol. The van der Waals surface area contributed by atoms with Gasteiger partial charge < -0.3 is 9.64 Å². The summed E-state index contributed by atoms with van der Waals surface area (Å²) in [5.74, 6) is 0.325. The number of benzene rings is 2. The zero-order chi connectivity index (χ0) is 19.2. The normalized spacial score (nSPS) is 10.8. The number of ether oxygens (including phenoxy) is 1. The van der Waals surface area contributed by atoms with E-state index in [0.717, 1.165) is 5.56 Å². The zero-order valence-electron chi connectivity index (χ0n) is 14.5. The fraction of sp³-hybridized carbons (Fsp3) is 0.222. The molecule has 0 saturated carbocycles. The lowest BCUT2D eigenvalue weighted by Crippen LogP contribution is -2.38. The van der Waals surface area contributed by atoms with Gasteiger partial charge in [-0.05, 0) is 29.8 Å². The molecule has 7 nitrogen and oxygen atoms in total. The highest BCUT2D eigenvalue weighted by Crippen LogP contribution is 2.14. The summed E-state index contributed by atoms with van der Waals surface area (Å²) >= 11 is 0. The predicted octanol–water partition coefficient (Wildman–Crippen LogP) is 1.50. The van der Waals surface area contributed by atoms with E-state index in [2.05, 4.69) is 4.72 Å². The lowest BCUT2D eigenvalue weighted by molar-refractivity contribution is -0.129. The lowest BCUT2D eigenvalue weighted by atomic mass is 10.2. The molecule has 0 heterocycles. The van der Waals surface area contributed by atoms with Gasteiger partial charge in [0, 0.05) is 13.6 Å². The molecule has 2 rings (SSSR count). The van der Waals surface area contributed by atoms with Gasteiger partial charge in [-0.3, -0.25) is 4.79 Å². The first-order valence-electron chi connectivity index (χ1n) is 7.73. The van der Waals surface area contributed by atoms with Crippen LogP contribution in [0.5, 0.6) is 5.75 Å². The number of sulfonamides is 1. The van der Waals surface area contributed by atoms with Crippen LogP contribution in [0.3, 0.4) is 0 Å². The van der Waals surface area contributed by atoms with Crippen LogP contribution in [0, 0.1) is 11.3 Å². The molecule has 0 aliphatic heterocycles. The van der Waals surface area contributed by atoms with Gasteiger partial charge >= 0.3 is 0 Å². The van der Waals surface area contributed by atoms with Gasteiger partial charge in [0.05, 0.1) is 24.1 Å². The molecule has 136 valence electrons. The highest BCUT2D eigenvalue weighted by Gasteiger charge is 2.20. The smallest absolute Gasteiger partial charge is 0.242 e. The van der Waals surface area contributed by atoms with E-state index in [4.69, 9.17) is 10.00 Å².